The fourth-order valence-electron chi connectivity index (χ4n) is 1.91. The molecule has 0 aromatic heterocycles. The molecule has 2 rings (SSSR count). The van der Waals surface area contributed by atoms with Crippen molar-refractivity contribution in [2.45, 2.75) is 25.8 Å². The van der Waals surface area contributed by atoms with Gasteiger partial charge in [0.05, 0.1) is 0 Å². The minimum absolute atomic E-state index is 0.104. The molecule has 0 aliphatic heterocycles. The maximum absolute atomic E-state index is 12.4. The van der Waals surface area contributed by atoms with E-state index in [0.29, 0.717) is 11.1 Å². The largest absolute Gasteiger partial charge is 0.335 e. The Hall–Kier alpha value is -0.540. The summed E-state index contributed by atoms with van der Waals surface area (Å²) in [4.78, 5) is 14.4. The summed E-state index contributed by atoms with van der Waals surface area (Å²) >= 11 is 9.36. The van der Waals surface area contributed by atoms with Crippen molar-refractivity contribution in [3.05, 3.63) is 34.3 Å². The zero-order valence-corrected chi connectivity index (χ0v) is 12.1. The molecule has 1 amide bonds. The molecule has 0 bridgehead atoms. The van der Waals surface area contributed by atoms with E-state index in [-0.39, 0.29) is 5.91 Å². The number of hydrogen-bond donors (Lipinski definition) is 0. The first kappa shape index (κ1) is 12.9. The Bertz CT molecular complexity index is 431. The normalized spacial score (nSPS) is 14.8. The first-order chi connectivity index (χ1) is 8.13. The number of alkyl halides is 1. The molecule has 1 aromatic rings. The van der Waals surface area contributed by atoms with Crippen LogP contribution in [0.5, 0.6) is 0 Å². The van der Waals surface area contributed by atoms with Crippen molar-refractivity contribution in [2.75, 3.05) is 11.9 Å². The average molecular weight is 317 g/mol. The molecule has 0 radical (unpaired) electrons. The highest BCUT2D eigenvalue weighted by molar-refractivity contribution is 9.09. The molecule has 4 heteroatoms. The molecule has 0 saturated heterocycles. The van der Waals surface area contributed by atoms with Crippen molar-refractivity contribution in [2.24, 2.45) is 0 Å². The second-order valence-corrected chi connectivity index (χ2v) is 5.61. The van der Waals surface area contributed by atoms with Crippen LogP contribution in [-0.4, -0.2) is 28.7 Å². The topological polar surface area (TPSA) is 20.3 Å². The molecule has 17 heavy (non-hydrogen) atoms. The standard InChI is InChI=1S/C13H15BrClNO/c1-9-2-3-10(15)8-12(9)13(17)16(7-6-14)11-4-5-11/h2-3,8,11H,4-7H2,1H3. The smallest absolute Gasteiger partial charge is 0.254 e. The average Bonchev–Trinajstić information content (AvgIpc) is 3.12. The minimum Gasteiger partial charge on any atom is -0.335 e. The molecular weight excluding hydrogens is 302 g/mol. The third kappa shape index (κ3) is 3.02. The Balaban J connectivity index is 2.24. The molecule has 0 atom stereocenters. The van der Waals surface area contributed by atoms with Crippen LogP contribution in [0.25, 0.3) is 0 Å². The number of halogens is 2. The monoisotopic (exact) mass is 315 g/mol. The van der Waals surface area contributed by atoms with Crippen LogP contribution in [0.15, 0.2) is 18.2 Å². The molecule has 0 N–H and O–H groups in total. The lowest BCUT2D eigenvalue weighted by Gasteiger charge is -2.22. The number of benzene rings is 1. The number of rotatable bonds is 4. The van der Waals surface area contributed by atoms with Crippen molar-refractivity contribution in [1.29, 1.82) is 0 Å². The first-order valence-corrected chi connectivity index (χ1v) is 7.26. The lowest BCUT2D eigenvalue weighted by molar-refractivity contribution is 0.0754. The van der Waals surface area contributed by atoms with Gasteiger partial charge in [-0.25, -0.2) is 0 Å². The van der Waals surface area contributed by atoms with E-state index < -0.39 is 0 Å². The van der Waals surface area contributed by atoms with E-state index in [4.69, 9.17) is 11.6 Å². The maximum Gasteiger partial charge on any atom is 0.254 e. The van der Waals surface area contributed by atoms with Crippen molar-refractivity contribution < 1.29 is 4.79 Å². The summed E-state index contributed by atoms with van der Waals surface area (Å²) in [5, 5.41) is 1.43. The van der Waals surface area contributed by atoms with Crippen LogP contribution in [0.3, 0.4) is 0 Å². The minimum atomic E-state index is 0.104. The lowest BCUT2D eigenvalue weighted by atomic mass is 10.1. The van der Waals surface area contributed by atoms with Gasteiger partial charge in [0.2, 0.25) is 0 Å². The molecule has 1 aromatic carbocycles. The van der Waals surface area contributed by atoms with Crippen molar-refractivity contribution in [1.82, 2.24) is 4.90 Å². The van der Waals surface area contributed by atoms with E-state index in [0.717, 1.165) is 35.8 Å². The number of nitrogens with zero attached hydrogens (tertiary/aromatic N) is 1. The second kappa shape index (κ2) is 5.40. The number of amides is 1. The number of hydrogen-bond acceptors (Lipinski definition) is 1. The molecule has 92 valence electrons. The number of aryl methyl sites for hydroxylation is 1. The van der Waals surface area contributed by atoms with E-state index in [1.165, 1.54) is 0 Å². The van der Waals surface area contributed by atoms with Crippen molar-refractivity contribution in [3.8, 4) is 0 Å². The third-order valence-corrected chi connectivity index (χ3v) is 3.59. The summed E-state index contributed by atoms with van der Waals surface area (Å²) in [6, 6.07) is 5.91. The molecular formula is C13H15BrClNO. The van der Waals surface area contributed by atoms with Crippen LogP contribution in [0.1, 0.15) is 28.8 Å². The Labute approximate surface area is 115 Å². The number of carbonyl (C=O) groups excluding carboxylic acids is 1. The summed E-state index contributed by atoms with van der Waals surface area (Å²) in [6.45, 7) is 2.71. The van der Waals surface area contributed by atoms with Gasteiger partial charge in [-0.2, -0.15) is 0 Å². The number of carbonyl (C=O) groups is 1. The molecule has 0 spiro atoms. The van der Waals surface area contributed by atoms with E-state index in [9.17, 15) is 4.79 Å². The fraction of sp³-hybridized carbons (Fsp3) is 0.462. The highest BCUT2D eigenvalue weighted by Crippen LogP contribution is 2.29. The van der Waals surface area contributed by atoms with Crippen LogP contribution in [0.4, 0.5) is 0 Å². The summed E-state index contributed by atoms with van der Waals surface area (Å²) in [7, 11) is 0. The Morgan fingerprint density at radius 2 is 2.24 bits per heavy atom. The second-order valence-electron chi connectivity index (χ2n) is 4.38. The highest BCUT2D eigenvalue weighted by atomic mass is 79.9. The van der Waals surface area contributed by atoms with Gasteiger partial charge >= 0.3 is 0 Å². The van der Waals surface area contributed by atoms with Crippen LogP contribution in [-0.2, 0) is 0 Å². The van der Waals surface area contributed by atoms with Gasteiger partial charge in [-0.15, -0.1) is 0 Å². The molecule has 1 saturated carbocycles. The third-order valence-electron chi connectivity index (χ3n) is 3.00. The van der Waals surface area contributed by atoms with E-state index in [1.54, 1.807) is 6.07 Å². The zero-order valence-electron chi connectivity index (χ0n) is 9.75. The molecule has 1 aliphatic carbocycles. The summed E-state index contributed by atoms with van der Waals surface area (Å²) < 4.78 is 0. The highest BCUT2D eigenvalue weighted by Gasteiger charge is 2.32. The first-order valence-electron chi connectivity index (χ1n) is 5.76. The lowest BCUT2D eigenvalue weighted by Crippen LogP contribution is -2.35. The Kier molecular flexibility index (Phi) is 4.10. The molecule has 1 aliphatic rings. The SMILES string of the molecule is Cc1ccc(Cl)cc1C(=O)N(CCBr)C1CC1. The van der Waals surface area contributed by atoms with E-state index in [2.05, 4.69) is 15.9 Å². The fourth-order valence-corrected chi connectivity index (χ4v) is 2.46. The molecule has 2 nitrogen and oxygen atoms in total. The van der Waals surface area contributed by atoms with Gasteiger partial charge in [-0.3, -0.25) is 4.79 Å². The summed E-state index contributed by atoms with van der Waals surface area (Å²) in [5.74, 6) is 0.104. The molecule has 0 unspecified atom stereocenters. The zero-order chi connectivity index (χ0) is 12.4. The summed E-state index contributed by atoms with van der Waals surface area (Å²) in [6.07, 6.45) is 2.25. The Morgan fingerprint density at radius 3 is 2.82 bits per heavy atom. The van der Waals surface area contributed by atoms with Crippen LogP contribution in [0, 0.1) is 6.92 Å². The van der Waals surface area contributed by atoms with Crippen LogP contribution >= 0.6 is 27.5 Å². The Morgan fingerprint density at radius 1 is 1.53 bits per heavy atom. The van der Waals surface area contributed by atoms with Gasteiger partial charge in [-0.1, -0.05) is 33.6 Å². The van der Waals surface area contributed by atoms with Gasteiger partial charge in [0, 0.05) is 28.5 Å². The predicted molar refractivity (Wildman–Crippen MR) is 74.0 cm³/mol. The maximum atomic E-state index is 12.4. The van der Waals surface area contributed by atoms with Gasteiger partial charge in [-0.05, 0) is 37.5 Å². The van der Waals surface area contributed by atoms with Crippen molar-refractivity contribution in [3.63, 3.8) is 0 Å². The quantitative estimate of drug-likeness (QED) is 0.777. The molecule has 1 fully saturated rings. The van der Waals surface area contributed by atoms with Gasteiger partial charge in [0.1, 0.15) is 0 Å². The van der Waals surface area contributed by atoms with Crippen LogP contribution in [0.2, 0.25) is 5.02 Å². The van der Waals surface area contributed by atoms with Crippen LogP contribution < -0.4 is 0 Å². The summed E-state index contributed by atoms with van der Waals surface area (Å²) in [5.41, 5.74) is 1.71. The van der Waals surface area contributed by atoms with E-state index >= 15 is 0 Å². The van der Waals surface area contributed by atoms with Gasteiger partial charge in [0.25, 0.3) is 5.91 Å². The van der Waals surface area contributed by atoms with Gasteiger partial charge < -0.3 is 4.90 Å². The predicted octanol–water partition coefficient (Wildman–Crippen LogP) is 3.65. The van der Waals surface area contributed by atoms with E-state index in [1.807, 2.05) is 24.0 Å². The van der Waals surface area contributed by atoms with Gasteiger partial charge in [0.15, 0.2) is 0 Å². The molecule has 0 heterocycles. The van der Waals surface area contributed by atoms with Crippen molar-refractivity contribution >= 4 is 33.4 Å².